The van der Waals surface area contributed by atoms with Gasteiger partial charge in [-0.3, -0.25) is 0 Å². The predicted octanol–water partition coefficient (Wildman–Crippen LogP) is 3.42. The molecule has 118 valence electrons. The first-order chi connectivity index (χ1) is 10.6. The highest BCUT2D eigenvalue weighted by atomic mass is 79.9. The number of halogens is 1. The molecule has 2 N–H and O–H groups in total. The number of ether oxygens (including phenoxy) is 1. The molecule has 0 saturated carbocycles. The first kappa shape index (κ1) is 16.5. The Hall–Kier alpha value is -1.82. The number of hydrogen-bond donors (Lipinski definition) is 2. The third kappa shape index (κ3) is 3.68. The molecular weight excluding hydrogens is 348 g/mol. The van der Waals surface area contributed by atoms with Crippen molar-refractivity contribution < 1.29 is 14.3 Å². The van der Waals surface area contributed by atoms with Crippen LogP contribution in [0.1, 0.15) is 38.3 Å². The normalized spacial score (nSPS) is 17.8. The van der Waals surface area contributed by atoms with Crippen LogP contribution in [0.2, 0.25) is 0 Å². The van der Waals surface area contributed by atoms with Crippen LogP contribution >= 0.6 is 15.9 Å². The number of benzene rings is 1. The van der Waals surface area contributed by atoms with E-state index in [1.807, 2.05) is 31.2 Å². The van der Waals surface area contributed by atoms with Crippen molar-refractivity contribution in [1.82, 2.24) is 10.6 Å². The maximum Gasteiger partial charge on any atom is 0.338 e. The van der Waals surface area contributed by atoms with Gasteiger partial charge in [0.1, 0.15) is 0 Å². The van der Waals surface area contributed by atoms with E-state index < -0.39 is 12.0 Å². The lowest BCUT2D eigenvalue weighted by molar-refractivity contribution is -0.139. The summed E-state index contributed by atoms with van der Waals surface area (Å²) < 4.78 is 6.11. The van der Waals surface area contributed by atoms with Crippen LogP contribution in [0.4, 0.5) is 4.79 Å². The number of urea groups is 1. The van der Waals surface area contributed by atoms with Crippen molar-refractivity contribution in [2.24, 2.45) is 0 Å². The molecule has 2 amide bonds. The van der Waals surface area contributed by atoms with E-state index in [0.29, 0.717) is 24.3 Å². The molecule has 0 bridgehead atoms. The maximum atomic E-state index is 12.4. The lowest BCUT2D eigenvalue weighted by Gasteiger charge is -2.29. The topological polar surface area (TPSA) is 67.4 Å². The third-order valence-corrected chi connectivity index (χ3v) is 3.88. The van der Waals surface area contributed by atoms with Crippen molar-refractivity contribution in [3.8, 4) is 0 Å². The van der Waals surface area contributed by atoms with E-state index in [-0.39, 0.29) is 6.03 Å². The second kappa shape index (κ2) is 7.45. The summed E-state index contributed by atoms with van der Waals surface area (Å²) in [6.45, 7) is 4.06. The summed E-state index contributed by atoms with van der Waals surface area (Å²) >= 11 is 3.38. The van der Waals surface area contributed by atoms with Gasteiger partial charge < -0.3 is 15.4 Å². The minimum Gasteiger partial charge on any atom is -0.463 e. The van der Waals surface area contributed by atoms with E-state index in [4.69, 9.17) is 4.74 Å². The first-order valence-electron chi connectivity index (χ1n) is 7.30. The molecule has 1 aromatic rings. The van der Waals surface area contributed by atoms with Crippen molar-refractivity contribution in [1.29, 1.82) is 0 Å². The Kier molecular flexibility index (Phi) is 5.60. The zero-order chi connectivity index (χ0) is 16.1. The molecule has 1 heterocycles. The molecule has 1 aromatic carbocycles. The molecule has 5 nitrogen and oxygen atoms in total. The number of nitrogens with one attached hydrogen (secondary N) is 2. The van der Waals surface area contributed by atoms with Crippen LogP contribution in [0, 0.1) is 0 Å². The second-order valence-electron chi connectivity index (χ2n) is 4.95. The average Bonchev–Trinajstić information content (AvgIpc) is 2.48. The number of allylic oxidation sites excluding steroid dienone is 1. The predicted molar refractivity (Wildman–Crippen MR) is 87.1 cm³/mol. The van der Waals surface area contributed by atoms with Gasteiger partial charge in [-0.1, -0.05) is 41.4 Å². The highest BCUT2D eigenvalue weighted by Gasteiger charge is 2.33. The molecule has 0 saturated heterocycles. The molecule has 0 fully saturated rings. The fraction of sp³-hybridized carbons (Fsp3) is 0.375. The van der Waals surface area contributed by atoms with E-state index in [9.17, 15) is 9.59 Å². The van der Waals surface area contributed by atoms with Gasteiger partial charge >= 0.3 is 12.0 Å². The standard InChI is InChI=1S/C16H19BrN2O3/c1-3-5-12-13(15(20)22-4-2)14(19-16(21)18-12)10-6-8-11(17)9-7-10/h6-9,14H,3-5H2,1-2H3,(H2,18,19,21)/t14-/m0/s1. The Balaban J connectivity index is 2.47. The molecule has 2 rings (SSSR count). The zero-order valence-corrected chi connectivity index (χ0v) is 14.2. The first-order valence-corrected chi connectivity index (χ1v) is 8.09. The van der Waals surface area contributed by atoms with Gasteiger partial charge in [-0.15, -0.1) is 0 Å². The van der Waals surface area contributed by atoms with Crippen LogP contribution in [-0.2, 0) is 9.53 Å². The Morgan fingerprint density at radius 1 is 1.27 bits per heavy atom. The van der Waals surface area contributed by atoms with E-state index in [0.717, 1.165) is 16.5 Å². The Bertz CT molecular complexity index is 596. The van der Waals surface area contributed by atoms with Crippen LogP contribution in [0.5, 0.6) is 0 Å². The van der Waals surface area contributed by atoms with Crippen molar-refractivity contribution in [2.75, 3.05) is 6.61 Å². The molecule has 0 aromatic heterocycles. The highest BCUT2D eigenvalue weighted by molar-refractivity contribution is 9.10. The van der Waals surface area contributed by atoms with Gasteiger partial charge in [0.2, 0.25) is 0 Å². The van der Waals surface area contributed by atoms with Crippen LogP contribution < -0.4 is 10.6 Å². The van der Waals surface area contributed by atoms with Gasteiger partial charge in [0.05, 0.1) is 18.2 Å². The molecule has 22 heavy (non-hydrogen) atoms. The van der Waals surface area contributed by atoms with E-state index in [1.54, 1.807) is 6.92 Å². The zero-order valence-electron chi connectivity index (χ0n) is 12.6. The lowest BCUT2D eigenvalue weighted by Crippen LogP contribution is -2.46. The summed E-state index contributed by atoms with van der Waals surface area (Å²) in [5.74, 6) is -0.397. The minimum absolute atomic E-state index is 0.294. The van der Waals surface area contributed by atoms with E-state index >= 15 is 0 Å². The van der Waals surface area contributed by atoms with Gasteiger partial charge in [-0.2, -0.15) is 0 Å². The Morgan fingerprint density at radius 2 is 1.95 bits per heavy atom. The number of carbonyl (C=O) groups is 2. The highest BCUT2D eigenvalue weighted by Crippen LogP contribution is 2.30. The maximum absolute atomic E-state index is 12.4. The summed E-state index contributed by atoms with van der Waals surface area (Å²) in [6.07, 6.45) is 1.44. The third-order valence-electron chi connectivity index (χ3n) is 3.35. The SMILES string of the molecule is CCCC1=C(C(=O)OCC)[C@H](c2ccc(Br)cc2)NC(=O)N1. The monoisotopic (exact) mass is 366 g/mol. The summed E-state index contributed by atoms with van der Waals surface area (Å²) in [7, 11) is 0. The van der Waals surface area contributed by atoms with Gasteiger partial charge in [-0.25, -0.2) is 9.59 Å². The average molecular weight is 367 g/mol. The summed E-state index contributed by atoms with van der Waals surface area (Å²) in [5.41, 5.74) is 1.96. The molecule has 0 spiro atoms. The molecule has 1 aliphatic heterocycles. The van der Waals surface area contributed by atoms with E-state index in [1.165, 1.54) is 0 Å². The smallest absolute Gasteiger partial charge is 0.338 e. The quantitative estimate of drug-likeness (QED) is 0.784. The minimum atomic E-state index is -0.498. The van der Waals surface area contributed by atoms with Crippen LogP contribution in [0.25, 0.3) is 0 Å². The van der Waals surface area contributed by atoms with Crippen LogP contribution in [-0.4, -0.2) is 18.6 Å². The molecule has 0 aliphatic carbocycles. The number of hydrogen-bond acceptors (Lipinski definition) is 3. The Labute approximate surface area is 138 Å². The van der Waals surface area contributed by atoms with Crippen molar-refractivity contribution >= 4 is 27.9 Å². The van der Waals surface area contributed by atoms with Crippen LogP contribution in [0.3, 0.4) is 0 Å². The second-order valence-corrected chi connectivity index (χ2v) is 5.86. The van der Waals surface area contributed by atoms with Crippen molar-refractivity contribution in [3.63, 3.8) is 0 Å². The van der Waals surface area contributed by atoms with Crippen molar-refractivity contribution in [2.45, 2.75) is 32.7 Å². The molecule has 0 unspecified atom stereocenters. The summed E-state index contributed by atoms with van der Waals surface area (Å²) in [4.78, 5) is 24.3. The van der Waals surface area contributed by atoms with Crippen LogP contribution in [0.15, 0.2) is 40.0 Å². The molecule has 6 heteroatoms. The Morgan fingerprint density at radius 3 is 2.55 bits per heavy atom. The van der Waals surface area contributed by atoms with Gasteiger partial charge in [0.25, 0.3) is 0 Å². The molecular formula is C16H19BrN2O3. The van der Waals surface area contributed by atoms with Gasteiger partial charge in [0.15, 0.2) is 0 Å². The number of carbonyl (C=O) groups excluding carboxylic acids is 2. The number of amides is 2. The summed E-state index contributed by atoms with van der Waals surface area (Å²) in [5, 5.41) is 5.54. The van der Waals surface area contributed by atoms with E-state index in [2.05, 4.69) is 26.6 Å². The fourth-order valence-electron chi connectivity index (χ4n) is 2.42. The lowest BCUT2D eigenvalue weighted by atomic mass is 9.94. The van der Waals surface area contributed by atoms with Crippen molar-refractivity contribution in [3.05, 3.63) is 45.6 Å². The van der Waals surface area contributed by atoms with Gasteiger partial charge in [-0.05, 0) is 31.0 Å². The molecule has 1 aliphatic rings. The summed E-state index contributed by atoms with van der Waals surface area (Å²) in [6, 6.07) is 6.72. The number of rotatable bonds is 5. The fourth-order valence-corrected chi connectivity index (χ4v) is 2.68. The molecule has 0 radical (unpaired) electrons. The number of esters is 1. The largest absolute Gasteiger partial charge is 0.463 e. The van der Waals surface area contributed by atoms with Gasteiger partial charge in [0, 0.05) is 10.2 Å². The molecule has 1 atom stereocenters.